The number of hydrogen-bond acceptors (Lipinski definition) is 1. The minimum Gasteiger partial charge on any atom is -0.275 e. The van der Waals surface area contributed by atoms with Crippen LogP contribution in [0.15, 0.2) is 18.3 Å². The van der Waals surface area contributed by atoms with Crippen LogP contribution in [0.25, 0.3) is 10.9 Å². The predicted molar refractivity (Wildman–Crippen MR) is 48.8 cm³/mol. The molecule has 56 valence electrons. The van der Waals surface area contributed by atoms with Crippen molar-refractivity contribution in [3.05, 3.63) is 27.7 Å². The van der Waals surface area contributed by atoms with E-state index in [1.54, 1.807) is 6.20 Å². The first-order chi connectivity index (χ1) is 5.27. The van der Waals surface area contributed by atoms with Crippen LogP contribution in [-0.2, 0) is 0 Å². The van der Waals surface area contributed by atoms with Crippen molar-refractivity contribution in [2.75, 3.05) is 0 Å². The highest BCUT2D eigenvalue weighted by Crippen LogP contribution is 2.18. The lowest BCUT2D eigenvalue weighted by Gasteiger charge is -1.92. The number of nitrogens with one attached hydrogen (secondary N) is 1. The number of benzene rings is 1. The molecule has 0 aliphatic heterocycles. The van der Waals surface area contributed by atoms with Crippen LogP contribution < -0.4 is 0 Å². The number of fused-ring (bicyclic) bond motifs is 1. The molecular weight excluding hydrogens is 258 g/mol. The maximum absolute atomic E-state index is 13.0. The monoisotopic (exact) mass is 262 g/mol. The average molecular weight is 262 g/mol. The van der Waals surface area contributed by atoms with Gasteiger partial charge in [0.15, 0.2) is 0 Å². The third-order valence-corrected chi connectivity index (χ3v) is 2.09. The molecule has 0 spiro atoms. The third kappa shape index (κ3) is 1.11. The van der Waals surface area contributed by atoms with E-state index in [4.69, 9.17) is 0 Å². The maximum atomic E-state index is 13.0. The van der Waals surface area contributed by atoms with Gasteiger partial charge in [0.1, 0.15) is 11.3 Å². The second-order valence-corrected chi connectivity index (χ2v) is 3.47. The number of aromatic nitrogens is 2. The lowest BCUT2D eigenvalue weighted by molar-refractivity contribution is 0.635. The SMILES string of the molecule is Fc1cc(I)cc2cn[nH]c12. The zero-order chi connectivity index (χ0) is 7.84. The van der Waals surface area contributed by atoms with Gasteiger partial charge in [-0.15, -0.1) is 0 Å². The van der Waals surface area contributed by atoms with Gasteiger partial charge < -0.3 is 0 Å². The summed E-state index contributed by atoms with van der Waals surface area (Å²) in [6.07, 6.45) is 1.61. The molecule has 0 bridgehead atoms. The van der Waals surface area contributed by atoms with Crippen LogP contribution in [0.3, 0.4) is 0 Å². The summed E-state index contributed by atoms with van der Waals surface area (Å²) in [7, 11) is 0. The molecule has 0 saturated heterocycles. The van der Waals surface area contributed by atoms with Crippen molar-refractivity contribution in [3.8, 4) is 0 Å². The zero-order valence-corrected chi connectivity index (χ0v) is 7.59. The van der Waals surface area contributed by atoms with Crippen LogP contribution in [0.5, 0.6) is 0 Å². The molecule has 0 atom stereocenters. The van der Waals surface area contributed by atoms with Crippen molar-refractivity contribution >= 4 is 33.5 Å². The van der Waals surface area contributed by atoms with Crippen molar-refractivity contribution in [3.63, 3.8) is 0 Å². The smallest absolute Gasteiger partial charge is 0.149 e. The fourth-order valence-corrected chi connectivity index (χ4v) is 1.59. The summed E-state index contributed by atoms with van der Waals surface area (Å²) in [5.74, 6) is -0.246. The lowest BCUT2D eigenvalue weighted by Crippen LogP contribution is -1.79. The van der Waals surface area contributed by atoms with Crippen molar-refractivity contribution in [2.24, 2.45) is 0 Å². The molecule has 0 radical (unpaired) electrons. The normalized spacial score (nSPS) is 10.7. The third-order valence-electron chi connectivity index (χ3n) is 1.47. The summed E-state index contributed by atoms with van der Waals surface area (Å²) >= 11 is 2.07. The number of halogens is 2. The van der Waals surface area contributed by atoms with E-state index in [9.17, 15) is 4.39 Å². The summed E-state index contributed by atoms with van der Waals surface area (Å²) < 4.78 is 13.9. The first-order valence-electron chi connectivity index (χ1n) is 3.05. The standard InChI is InChI=1S/C7H4FIN2/c8-6-2-5(9)1-4-3-10-11-7(4)6/h1-3H,(H,10,11). The van der Waals surface area contributed by atoms with Gasteiger partial charge in [-0.1, -0.05) is 0 Å². The van der Waals surface area contributed by atoms with Gasteiger partial charge in [0.05, 0.1) is 6.20 Å². The number of H-pyrrole nitrogens is 1. The van der Waals surface area contributed by atoms with Crippen LogP contribution in [-0.4, -0.2) is 10.2 Å². The second-order valence-electron chi connectivity index (χ2n) is 2.22. The summed E-state index contributed by atoms with van der Waals surface area (Å²) in [6, 6.07) is 3.35. The van der Waals surface area contributed by atoms with Gasteiger partial charge >= 0.3 is 0 Å². The molecule has 0 amide bonds. The van der Waals surface area contributed by atoms with E-state index in [0.29, 0.717) is 5.52 Å². The van der Waals surface area contributed by atoms with Gasteiger partial charge in [0.2, 0.25) is 0 Å². The molecule has 1 aromatic carbocycles. The molecule has 0 fully saturated rings. The first kappa shape index (κ1) is 7.02. The van der Waals surface area contributed by atoms with Crippen molar-refractivity contribution in [1.29, 1.82) is 0 Å². The van der Waals surface area contributed by atoms with E-state index in [0.717, 1.165) is 8.96 Å². The number of rotatable bonds is 0. The summed E-state index contributed by atoms with van der Waals surface area (Å²) in [6.45, 7) is 0. The molecule has 4 heteroatoms. The summed E-state index contributed by atoms with van der Waals surface area (Å²) in [4.78, 5) is 0. The Bertz CT molecular complexity index is 396. The topological polar surface area (TPSA) is 28.7 Å². The number of nitrogens with zero attached hydrogens (tertiary/aromatic N) is 1. The molecule has 2 rings (SSSR count). The highest BCUT2D eigenvalue weighted by Gasteiger charge is 2.02. The molecule has 1 N–H and O–H groups in total. The predicted octanol–water partition coefficient (Wildman–Crippen LogP) is 2.31. The average Bonchev–Trinajstić information content (AvgIpc) is 2.34. The fourth-order valence-electron chi connectivity index (χ4n) is 0.980. The van der Waals surface area contributed by atoms with Crippen LogP contribution in [0, 0.1) is 9.39 Å². The molecule has 11 heavy (non-hydrogen) atoms. The van der Waals surface area contributed by atoms with E-state index in [1.165, 1.54) is 6.07 Å². The van der Waals surface area contributed by atoms with Crippen molar-refractivity contribution in [2.45, 2.75) is 0 Å². The van der Waals surface area contributed by atoms with Crippen molar-refractivity contribution in [1.82, 2.24) is 10.2 Å². The molecule has 2 aromatic rings. The Balaban J connectivity index is 2.91. The molecular formula is C7H4FIN2. The van der Waals surface area contributed by atoms with E-state index in [1.807, 2.05) is 6.07 Å². The molecule has 1 aromatic heterocycles. The first-order valence-corrected chi connectivity index (χ1v) is 4.13. The minimum atomic E-state index is -0.246. The van der Waals surface area contributed by atoms with Crippen LogP contribution in [0.2, 0.25) is 0 Å². The van der Waals surface area contributed by atoms with Gasteiger partial charge in [-0.05, 0) is 34.7 Å². The molecule has 0 aliphatic rings. The number of aromatic amines is 1. The zero-order valence-electron chi connectivity index (χ0n) is 5.44. The van der Waals surface area contributed by atoms with Crippen LogP contribution >= 0.6 is 22.6 Å². The Morgan fingerprint density at radius 3 is 3.09 bits per heavy atom. The van der Waals surface area contributed by atoms with Gasteiger partial charge in [0.25, 0.3) is 0 Å². The summed E-state index contributed by atoms with van der Waals surface area (Å²) in [5.41, 5.74) is 0.477. The highest BCUT2D eigenvalue weighted by molar-refractivity contribution is 14.1. The Morgan fingerprint density at radius 2 is 2.27 bits per heavy atom. The molecule has 0 unspecified atom stereocenters. The molecule has 0 aliphatic carbocycles. The Morgan fingerprint density at radius 1 is 1.45 bits per heavy atom. The Hall–Kier alpha value is -0.650. The largest absolute Gasteiger partial charge is 0.275 e. The van der Waals surface area contributed by atoms with Gasteiger partial charge in [-0.2, -0.15) is 5.10 Å². The quantitative estimate of drug-likeness (QED) is 0.725. The molecule has 0 saturated carbocycles. The second kappa shape index (κ2) is 2.44. The van der Waals surface area contributed by atoms with E-state index >= 15 is 0 Å². The maximum Gasteiger partial charge on any atom is 0.149 e. The molecule has 2 nitrogen and oxygen atoms in total. The number of hydrogen-bond donors (Lipinski definition) is 1. The van der Waals surface area contributed by atoms with Gasteiger partial charge in [0, 0.05) is 8.96 Å². The minimum absolute atomic E-state index is 0.246. The van der Waals surface area contributed by atoms with Gasteiger partial charge in [-0.3, -0.25) is 5.10 Å². The fraction of sp³-hybridized carbons (Fsp3) is 0. The van der Waals surface area contributed by atoms with E-state index in [2.05, 4.69) is 32.8 Å². The molecule has 1 heterocycles. The Kier molecular flexibility index (Phi) is 1.56. The summed E-state index contributed by atoms with van der Waals surface area (Å²) in [5, 5.41) is 7.14. The highest BCUT2D eigenvalue weighted by atomic mass is 127. The van der Waals surface area contributed by atoms with Crippen molar-refractivity contribution < 1.29 is 4.39 Å². The Labute approximate surface area is 75.9 Å². The van der Waals surface area contributed by atoms with Gasteiger partial charge in [-0.25, -0.2) is 4.39 Å². The van der Waals surface area contributed by atoms with E-state index < -0.39 is 0 Å². The lowest BCUT2D eigenvalue weighted by atomic mass is 10.2. The van der Waals surface area contributed by atoms with E-state index in [-0.39, 0.29) is 5.82 Å². The van der Waals surface area contributed by atoms with Crippen LogP contribution in [0.1, 0.15) is 0 Å². The van der Waals surface area contributed by atoms with Crippen LogP contribution in [0.4, 0.5) is 4.39 Å².